The lowest BCUT2D eigenvalue weighted by Gasteiger charge is -2.11. The standard InChI is InChI=1S/C22H21NO2/c24-19-13-14-20(18-11-5-2-6-12-18)21(16-19)22(25)23-15-7-10-17-8-3-1-4-9-17/h1-6,8-9,11-14,16,24H,7,10,15H2,(H,23,25). The Hall–Kier alpha value is -3.07. The van der Waals surface area contributed by atoms with E-state index in [0.717, 1.165) is 24.0 Å². The van der Waals surface area contributed by atoms with Crippen LogP contribution >= 0.6 is 0 Å². The molecule has 0 aromatic heterocycles. The second-order valence-electron chi connectivity index (χ2n) is 5.94. The Bertz CT molecular complexity index is 829. The average molecular weight is 331 g/mol. The van der Waals surface area contributed by atoms with E-state index in [9.17, 15) is 9.90 Å². The van der Waals surface area contributed by atoms with E-state index < -0.39 is 0 Å². The average Bonchev–Trinajstić information content (AvgIpc) is 2.66. The number of aryl methyl sites for hydroxylation is 1. The number of carbonyl (C=O) groups excluding carboxylic acids is 1. The third kappa shape index (κ3) is 4.48. The van der Waals surface area contributed by atoms with E-state index in [4.69, 9.17) is 0 Å². The zero-order chi connectivity index (χ0) is 17.5. The molecule has 0 atom stereocenters. The fourth-order valence-corrected chi connectivity index (χ4v) is 2.82. The molecule has 0 aliphatic heterocycles. The number of aromatic hydroxyl groups is 1. The van der Waals surface area contributed by atoms with Crippen LogP contribution in [0.4, 0.5) is 0 Å². The molecule has 0 spiro atoms. The molecule has 3 aromatic rings. The Labute approximate surface area is 148 Å². The van der Waals surface area contributed by atoms with E-state index in [-0.39, 0.29) is 11.7 Å². The van der Waals surface area contributed by atoms with Gasteiger partial charge in [0.2, 0.25) is 0 Å². The monoisotopic (exact) mass is 331 g/mol. The molecule has 0 radical (unpaired) electrons. The first-order valence-corrected chi connectivity index (χ1v) is 8.44. The predicted octanol–water partition coefficient (Wildman–Crippen LogP) is 4.42. The molecule has 0 aliphatic carbocycles. The molecule has 0 saturated heterocycles. The van der Waals surface area contributed by atoms with E-state index in [0.29, 0.717) is 12.1 Å². The first-order chi connectivity index (χ1) is 12.2. The summed E-state index contributed by atoms with van der Waals surface area (Å²) in [6.07, 6.45) is 1.79. The lowest BCUT2D eigenvalue weighted by molar-refractivity contribution is 0.0953. The van der Waals surface area contributed by atoms with Gasteiger partial charge in [-0.05, 0) is 47.7 Å². The molecule has 126 valence electrons. The highest BCUT2D eigenvalue weighted by atomic mass is 16.3. The fourth-order valence-electron chi connectivity index (χ4n) is 2.82. The van der Waals surface area contributed by atoms with Gasteiger partial charge in [-0.2, -0.15) is 0 Å². The van der Waals surface area contributed by atoms with Crippen molar-refractivity contribution in [2.75, 3.05) is 6.54 Å². The molecule has 1 amide bonds. The molecule has 0 heterocycles. The zero-order valence-corrected chi connectivity index (χ0v) is 14.0. The zero-order valence-electron chi connectivity index (χ0n) is 14.0. The molecule has 0 saturated carbocycles. The van der Waals surface area contributed by atoms with Gasteiger partial charge in [0, 0.05) is 6.54 Å². The second-order valence-corrected chi connectivity index (χ2v) is 5.94. The van der Waals surface area contributed by atoms with Gasteiger partial charge in [0.1, 0.15) is 5.75 Å². The van der Waals surface area contributed by atoms with Crippen LogP contribution < -0.4 is 5.32 Å². The fraction of sp³-hybridized carbons (Fsp3) is 0.136. The highest BCUT2D eigenvalue weighted by Gasteiger charge is 2.13. The minimum atomic E-state index is -0.164. The maximum absolute atomic E-state index is 12.6. The molecule has 0 fully saturated rings. The topological polar surface area (TPSA) is 49.3 Å². The van der Waals surface area contributed by atoms with Crippen molar-refractivity contribution in [2.45, 2.75) is 12.8 Å². The Morgan fingerprint density at radius 3 is 2.28 bits per heavy atom. The molecule has 3 heteroatoms. The van der Waals surface area contributed by atoms with Gasteiger partial charge in [0.05, 0.1) is 5.56 Å². The van der Waals surface area contributed by atoms with Crippen LogP contribution in [-0.4, -0.2) is 17.6 Å². The number of nitrogens with one attached hydrogen (secondary N) is 1. The molecule has 3 aromatic carbocycles. The van der Waals surface area contributed by atoms with Crippen molar-refractivity contribution in [3.63, 3.8) is 0 Å². The Morgan fingerprint density at radius 1 is 0.880 bits per heavy atom. The highest BCUT2D eigenvalue weighted by Crippen LogP contribution is 2.26. The van der Waals surface area contributed by atoms with E-state index in [1.165, 1.54) is 11.6 Å². The lowest BCUT2D eigenvalue weighted by atomic mass is 9.99. The summed E-state index contributed by atoms with van der Waals surface area (Å²) in [5.74, 6) is -0.0723. The van der Waals surface area contributed by atoms with Crippen LogP contribution in [0.2, 0.25) is 0 Å². The number of rotatable bonds is 6. The molecule has 2 N–H and O–H groups in total. The smallest absolute Gasteiger partial charge is 0.252 e. The first-order valence-electron chi connectivity index (χ1n) is 8.44. The predicted molar refractivity (Wildman–Crippen MR) is 101 cm³/mol. The van der Waals surface area contributed by atoms with Crippen LogP contribution in [0.25, 0.3) is 11.1 Å². The largest absolute Gasteiger partial charge is 0.508 e. The van der Waals surface area contributed by atoms with Crippen LogP contribution in [0.15, 0.2) is 78.9 Å². The third-order valence-corrected chi connectivity index (χ3v) is 4.10. The number of benzene rings is 3. The molecule has 25 heavy (non-hydrogen) atoms. The first kappa shape index (κ1) is 16.8. The SMILES string of the molecule is O=C(NCCCc1ccccc1)c1cc(O)ccc1-c1ccccc1. The van der Waals surface area contributed by atoms with Gasteiger partial charge in [-0.15, -0.1) is 0 Å². The van der Waals surface area contributed by atoms with Crippen molar-refractivity contribution in [3.8, 4) is 16.9 Å². The van der Waals surface area contributed by atoms with Crippen molar-refractivity contribution < 1.29 is 9.90 Å². The normalized spacial score (nSPS) is 10.4. The number of hydrogen-bond donors (Lipinski definition) is 2. The van der Waals surface area contributed by atoms with Crippen LogP contribution in [0.3, 0.4) is 0 Å². The molecule has 0 unspecified atom stereocenters. The lowest BCUT2D eigenvalue weighted by Crippen LogP contribution is -2.25. The van der Waals surface area contributed by atoms with Crippen molar-refractivity contribution in [3.05, 3.63) is 90.0 Å². The van der Waals surface area contributed by atoms with Gasteiger partial charge in [-0.1, -0.05) is 60.7 Å². The maximum atomic E-state index is 12.6. The summed E-state index contributed by atoms with van der Waals surface area (Å²) in [6.45, 7) is 0.595. The van der Waals surface area contributed by atoms with Crippen molar-refractivity contribution in [2.24, 2.45) is 0 Å². The minimum absolute atomic E-state index is 0.0918. The van der Waals surface area contributed by atoms with Gasteiger partial charge < -0.3 is 10.4 Å². The summed E-state index contributed by atoms with van der Waals surface area (Å²) >= 11 is 0. The molecule has 0 bridgehead atoms. The van der Waals surface area contributed by atoms with Crippen molar-refractivity contribution >= 4 is 5.91 Å². The number of phenolic OH excluding ortho intramolecular Hbond substituents is 1. The summed E-state index contributed by atoms with van der Waals surface area (Å²) in [5.41, 5.74) is 3.53. The van der Waals surface area contributed by atoms with Gasteiger partial charge >= 0.3 is 0 Å². The number of hydrogen-bond acceptors (Lipinski definition) is 2. The van der Waals surface area contributed by atoms with Crippen LogP contribution in [0, 0.1) is 0 Å². The number of phenols is 1. The molecule has 3 rings (SSSR count). The summed E-state index contributed by atoms with van der Waals surface area (Å²) in [4.78, 5) is 12.6. The molecular weight excluding hydrogens is 310 g/mol. The Kier molecular flexibility index (Phi) is 5.47. The summed E-state index contributed by atoms with van der Waals surface area (Å²) in [6, 6.07) is 24.8. The summed E-state index contributed by atoms with van der Waals surface area (Å²) in [7, 11) is 0. The van der Waals surface area contributed by atoms with Crippen LogP contribution in [-0.2, 0) is 6.42 Å². The van der Waals surface area contributed by atoms with E-state index in [1.54, 1.807) is 12.1 Å². The van der Waals surface area contributed by atoms with Crippen LogP contribution in [0.1, 0.15) is 22.3 Å². The number of carbonyl (C=O) groups is 1. The highest BCUT2D eigenvalue weighted by molar-refractivity contribution is 6.01. The molecule has 3 nitrogen and oxygen atoms in total. The Morgan fingerprint density at radius 2 is 1.56 bits per heavy atom. The second kappa shape index (κ2) is 8.15. The summed E-state index contributed by atoms with van der Waals surface area (Å²) in [5, 5.41) is 12.7. The van der Waals surface area contributed by atoms with E-state index in [1.807, 2.05) is 48.5 Å². The van der Waals surface area contributed by atoms with E-state index in [2.05, 4.69) is 17.4 Å². The molecule has 0 aliphatic rings. The van der Waals surface area contributed by atoms with Gasteiger partial charge in [0.25, 0.3) is 5.91 Å². The Balaban J connectivity index is 1.66. The van der Waals surface area contributed by atoms with Crippen molar-refractivity contribution in [1.82, 2.24) is 5.32 Å². The van der Waals surface area contributed by atoms with Gasteiger partial charge in [-0.25, -0.2) is 0 Å². The third-order valence-electron chi connectivity index (χ3n) is 4.10. The maximum Gasteiger partial charge on any atom is 0.252 e. The quantitative estimate of drug-likeness (QED) is 0.657. The number of amides is 1. The van der Waals surface area contributed by atoms with Crippen LogP contribution in [0.5, 0.6) is 5.75 Å². The van der Waals surface area contributed by atoms with Gasteiger partial charge in [0.15, 0.2) is 0 Å². The molecular formula is C22H21NO2. The van der Waals surface area contributed by atoms with Gasteiger partial charge in [-0.3, -0.25) is 4.79 Å². The minimum Gasteiger partial charge on any atom is -0.508 e. The van der Waals surface area contributed by atoms with E-state index >= 15 is 0 Å². The van der Waals surface area contributed by atoms with Crippen molar-refractivity contribution in [1.29, 1.82) is 0 Å². The summed E-state index contributed by atoms with van der Waals surface area (Å²) < 4.78 is 0.